The number of rotatable bonds is 1. The van der Waals surface area contributed by atoms with E-state index in [1.165, 1.54) is 11.4 Å². The number of fused-ring (bicyclic) bond motifs is 5. The lowest BCUT2D eigenvalue weighted by Crippen LogP contribution is -2.34. The molecule has 0 saturated carbocycles. The maximum Gasteiger partial charge on any atom is 0.369 e. The van der Waals surface area contributed by atoms with Gasteiger partial charge in [0.25, 0.3) is 0 Å². The molecule has 0 spiro atoms. The largest absolute Gasteiger partial charge is 0.493 e. The van der Waals surface area contributed by atoms with E-state index in [-0.39, 0.29) is 12.0 Å². The van der Waals surface area contributed by atoms with Crippen LogP contribution in [0.25, 0.3) is 10.8 Å². The summed E-state index contributed by atoms with van der Waals surface area (Å²) < 4.78 is 5.91. The van der Waals surface area contributed by atoms with Crippen LogP contribution >= 0.6 is 0 Å². The Morgan fingerprint density at radius 3 is 2.92 bits per heavy atom. The number of nitrogens with zero attached hydrogens (tertiary/aromatic N) is 3. The van der Waals surface area contributed by atoms with Crippen LogP contribution in [0.1, 0.15) is 11.6 Å². The predicted molar refractivity (Wildman–Crippen MR) is 91.0 cm³/mol. The Morgan fingerprint density at radius 2 is 2.08 bits per heavy atom. The van der Waals surface area contributed by atoms with Gasteiger partial charge in [0, 0.05) is 25.6 Å². The van der Waals surface area contributed by atoms with Gasteiger partial charge in [-0.3, -0.25) is 4.84 Å². The molecule has 2 heterocycles. The number of hydrogen-bond acceptors (Lipinski definition) is 3. The molecule has 24 heavy (non-hydrogen) atoms. The second-order valence-electron chi connectivity index (χ2n) is 6.33. The number of hydroxylamine groups is 2. The highest BCUT2D eigenvalue weighted by molar-refractivity contribution is 5.90. The van der Waals surface area contributed by atoms with Crippen LogP contribution in [0.15, 0.2) is 41.4 Å². The van der Waals surface area contributed by atoms with Gasteiger partial charge in [-0.05, 0) is 16.8 Å². The number of benzene rings is 2. The maximum absolute atomic E-state index is 12.5. The molecule has 2 aliphatic heterocycles. The molecule has 0 aromatic heterocycles. The minimum atomic E-state index is -0.392. The number of urea groups is 1. The standard InChI is InChI=1S/C18H19N3O3/c1-20(2)11-19-18(22)21-17-13(10-24-21)9-23-15-8-7-12-5-3-4-6-14(12)16(15)17/h3-8,11,13,17H,9-10H2,1-2H3. The lowest BCUT2D eigenvalue weighted by molar-refractivity contribution is -0.0845. The SMILES string of the molecule is CN(C)C=NC(=O)N1OCC2COc3ccc4ccccc4c3C21. The first-order valence-corrected chi connectivity index (χ1v) is 7.96. The Labute approximate surface area is 140 Å². The van der Waals surface area contributed by atoms with Crippen molar-refractivity contribution in [1.29, 1.82) is 0 Å². The molecule has 2 atom stereocenters. The number of hydrogen-bond donors (Lipinski definition) is 0. The molecule has 2 unspecified atom stereocenters. The van der Waals surface area contributed by atoms with Crippen LogP contribution in [-0.2, 0) is 4.84 Å². The fourth-order valence-corrected chi connectivity index (χ4v) is 3.33. The minimum absolute atomic E-state index is 0.113. The molecule has 6 nitrogen and oxygen atoms in total. The lowest BCUT2D eigenvalue weighted by atomic mass is 9.88. The van der Waals surface area contributed by atoms with Crippen LogP contribution in [0.3, 0.4) is 0 Å². The topological polar surface area (TPSA) is 54.4 Å². The third-order valence-electron chi connectivity index (χ3n) is 4.39. The van der Waals surface area contributed by atoms with E-state index in [9.17, 15) is 4.79 Å². The molecule has 2 aliphatic rings. The van der Waals surface area contributed by atoms with Crippen molar-refractivity contribution in [1.82, 2.24) is 9.96 Å². The van der Waals surface area contributed by atoms with E-state index >= 15 is 0 Å². The van der Waals surface area contributed by atoms with Crippen molar-refractivity contribution in [3.05, 3.63) is 42.0 Å². The molecule has 0 N–H and O–H groups in total. The summed E-state index contributed by atoms with van der Waals surface area (Å²) in [4.78, 5) is 23.9. The summed E-state index contributed by atoms with van der Waals surface area (Å²) in [6.07, 6.45) is 1.49. The summed E-state index contributed by atoms with van der Waals surface area (Å²) in [5, 5.41) is 3.61. The van der Waals surface area contributed by atoms with Crippen molar-refractivity contribution in [3.63, 3.8) is 0 Å². The summed E-state index contributed by atoms with van der Waals surface area (Å²) in [6.45, 7) is 0.994. The molecule has 0 aliphatic carbocycles. The van der Waals surface area contributed by atoms with Crippen LogP contribution in [0.2, 0.25) is 0 Å². The van der Waals surface area contributed by atoms with Crippen LogP contribution in [0, 0.1) is 5.92 Å². The summed E-state index contributed by atoms with van der Waals surface area (Å²) >= 11 is 0. The summed E-state index contributed by atoms with van der Waals surface area (Å²) in [7, 11) is 3.64. The van der Waals surface area contributed by atoms with Crippen molar-refractivity contribution in [2.45, 2.75) is 6.04 Å². The van der Waals surface area contributed by atoms with Gasteiger partial charge in [-0.1, -0.05) is 30.3 Å². The summed E-state index contributed by atoms with van der Waals surface area (Å²) in [5.41, 5.74) is 1.01. The Bertz CT molecular complexity index is 818. The van der Waals surface area contributed by atoms with Gasteiger partial charge in [-0.25, -0.2) is 4.79 Å². The van der Waals surface area contributed by atoms with E-state index in [0.29, 0.717) is 13.2 Å². The molecular weight excluding hydrogens is 306 g/mol. The van der Waals surface area contributed by atoms with Gasteiger partial charge in [-0.2, -0.15) is 10.1 Å². The minimum Gasteiger partial charge on any atom is -0.493 e. The molecule has 6 heteroatoms. The highest BCUT2D eigenvalue weighted by atomic mass is 16.7. The van der Waals surface area contributed by atoms with Gasteiger partial charge < -0.3 is 9.64 Å². The molecule has 2 aromatic carbocycles. The average molecular weight is 325 g/mol. The van der Waals surface area contributed by atoms with Crippen LogP contribution in [0.4, 0.5) is 4.79 Å². The van der Waals surface area contributed by atoms with Crippen molar-refractivity contribution < 1.29 is 14.4 Å². The Hall–Kier alpha value is -2.60. The van der Waals surface area contributed by atoms with Gasteiger partial charge in [-0.15, -0.1) is 0 Å². The van der Waals surface area contributed by atoms with Gasteiger partial charge in [0.05, 0.1) is 25.6 Å². The number of ether oxygens (including phenoxy) is 1. The second kappa shape index (κ2) is 5.79. The quantitative estimate of drug-likeness (QED) is 0.598. The predicted octanol–water partition coefficient (Wildman–Crippen LogP) is 2.85. The van der Waals surface area contributed by atoms with Crippen molar-refractivity contribution >= 4 is 23.1 Å². The average Bonchev–Trinajstić information content (AvgIpc) is 3.03. The number of carbonyl (C=O) groups excluding carboxylic acids is 1. The smallest absolute Gasteiger partial charge is 0.369 e. The summed E-state index contributed by atoms with van der Waals surface area (Å²) in [6, 6.07) is 11.6. The molecule has 1 saturated heterocycles. The Morgan fingerprint density at radius 1 is 1.25 bits per heavy atom. The third-order valence-corrected chi connectivity index (χ3v) is 4.39. The van der Waals surface area contributed by atoms with Crippen LogP contribution in [-0.4, -0.2) is 49.6 Å². The highest BCUT2D eigenvalue weighted by Gasteiger charge is 2.45. The fourth-order valence-electron chi connectivity index (χ4n) is 3.33. The Kier molecular flexibility index (Phi) is 3.61. The normalized spacial score (nSPS) is 22.3. The second-order valence-corrected chi connectivity index (χ2v) is 6.33. The first-order chi connectivity index (χ1) is 11.6. The van der Waals surface area contributed by atoms with Gasteiger partial charge in [0.2, 0.25) is 0 Å². The van der Waals surface area contributed by atoms with E-state index in [2.05, 4.69) is 17.1 Å². The lowest BCUT2D eigenvalue weighted by Gasteiger charge is -2.31. The zero-order valence-corrected chi connectivity index (χ0v) is 13.7. The Balaban J connectivity index is 1.79. The molecule has 4 rings (SSSR count). The first-order valence-electron chi connectivity index (χ1n) is 7.96. The van der Waals surface area contributed by atoms with E-state index in [0.717, 1.165) is 22.1 Å². The van der Waals surface area contributed by atoms with E-state index in [1.54, 1.807) is 4.90 Å². The number of aliphatic imine (C=N–C) groups is 1. The molecular formula is C18H19N3O3. The maximum atomic E-state index is 12.5. The number of amides is 2. The number of carbonyl (C=O) groups is 1. The van der Waals surface area contributed by atoms with E-state index in [1.807, 2.05) is 38.4 Å². The molecule has 1 fully saturated rings. The van der Waals surface area contributed by atoms with Gasteiger partial charge in [0.15, 0.2) is 0 Å². The highest BCUT2D eigenvalue weighted by Crippen LogP contribution is 2.46. The van der Waals surface area contributed by atoms with Gasteiger partial charge >= 0.3 is 6.03 Å². The molecule has 2 aromatic rings. The van der Waals surface area contributed by atoms with Crippen LogP contribution < -0.4 is 4.74 Å². The van der Waals surface area contributed by atoms with Crippen LogP contribution in [0.5, 0.6) is 5.75 Å². The molecule has 0 radical (unpaired) electrons. The zero-order chi connectivity index (χ0) is 16.7. The molecule has 0 bridgehead atoms. The molecule has 2 amide bonds. The van der Waals surface area contributed by atoms with Crippen molar-refractivity contribution in [3.8, 4) is 5.75 Å². The fraction of sp³-hybridized carbons (Fsp3) is 0.333. The van der Waals surface area contributed by atoms with Crippen molar-refractivity contribution in [2.24, 2.45) is 10.9 Å². The first kappa shape index (κ1) is 15.0. The van der Waals surface area contributed by atoms with E-state index < -0.39 is 6.03 Å². The van der Waals surface area contributed by atoms with Gasteiger partial charge in [0.1, 0.15) is 5.75 Å². The van der Waals surface area contributed by atoms with E-state index in [4.69, 9.17) is 9.57 Å². The zero-order valence-electron chi connectivity index (χ0n) is 13.7. The molecule has 124 valence electrons. The third kappa shape index (κ3) is 2.39. The summed E-state index contributed by atoms with van der Waals surface area (Å²) in [5.74, 6) is 0.927. The van der Waals surface area contributed by atoms with Crippen molar-refractivity contribution in [2.75, 3.05) is 27.3 Å². The monoisotopic (exact) mass is 325 g/mol.